The first-order valence-corrected chi connectivity index (χ1v) is 5.42. The van der Waals surface area contributed by atoms with Crippen molar-refractivity contribution in [3.63, 3.8) is 0 Å². The van der Waals surface area contributed by atoms with E-state index in [0.29, 0.717) is 19.6 Å². The van der Waals surface area contributed by atoms with Crippen molar-refractivity contribution < 1.29 is 9.59 Å². The minimum atomic E-state index is -0.345. The maximum atomic E-state index is 11.3. The summed E-state index contributed by atoms with van der Waals surface area (Å²) in [4.78, 5) is 26.3. The summed E-state index contributed by atoms with van der Waals surface area (Å²) in [5.74, 6) is -0.639. The second kappa shape index (κ2) is 5.65. The van der Waals surface area contributed by atoms with Crippen LogP contribution in [0.2, 0.25) is 0 Å². The summed E-state index contributed by atoms with van der Waals surface area (Å²) >= 11 is 0. The largest absolute Gasteiger partial charge is 0.369 e. The van der Waals surface area contributed by atoms with Crippen LogP contribution in [-0.4, -0.2) is 54.3 Å². The van der Waals surface area contributed by atoms with Crippen LogP contribution in [0, 0.1) is 5.92 Å². The topological polar surface area (TPSA) is 66.6 Å². The quantitative estimate of drug-likeness (QED) is 0.655. The van der Waals surface area contributed by atoms with Crippen molar-refractivity contribution in [2.45, 2.75) is 6.92 Å². The third-order valence-corrected chi connectivity index (χ3v) is 2.84. The monoisotopic (exact) mass is 225 g/mol. The van der Waals surface area contributed by atoms with Gasteiger partial charge >= 0.3 is 0 Å². The van der Waals surface area contributed by atoms with Crippen LogP contribution in [0.25, 0.3) is 0 Å². The Morgan fingerprint density at radius 2 is 2.12 bits per heavy atom. The Morgan fingerprint density at radius 1 is 1.44 bits per heavy atom. The number of rotatable bonds is 3. The Hall–Kier alpha value is -1.36. The zero-order chi connectivity index (χ0) is 12.1. The summed E-state index contributed by atoms with van der Waals surface area (Å²) in [5, 5.41) is 0. The Morgan fingerprint density at radius 3 is 2.62 bits per heavy atom. The van der Waals surface area contributed by atoms with Crippen molar-refractivity contribution in [2.24, 2.45) is 11.7 Å². The van der Waals surface area contributed by atoms with Crippen LogP contribution in [0.1, 0.15) is 6.92 Å². The lowest BCUT2D eigenvalue weighted by atomic mass is 10.1. The zero-order valence-corrected chi connectivity index (χ0v) is 9.69. The van der Waals surface area contributed by atoms with Crippen molar-refractivity contribution in [3.05, 3.63) is 12.7 Å². The number of nitrogens with zero attached hydrogens (tertiary/aromatic N) is 2. The molecular weight excluding hydrogens is 206 g/mol. The van der Waals surface area contributed by atoms with Gasteiger partial charge in [0.05, 0.1) is 5.92 Å². The predicted octanol–water partition coefficient (Wildman–Crippen LogP) is -0.562. The molecule has 5 heteroatoms. The van der Waals surface area contributed by atoms with Gasteiger partial charge in [-0.2, -0.15) is 0 Å². The van der Waals surface area contributed by atoms with Crippen LogP contribution in [0.15, 0.2) is 12.7 Å². The van der Waals surface area contributed by atoms with Gasteiger partial charge in [0.25, 0.3) is 0 Å². The Bertz CT molecular complexity index is 291. The molecule has 2 amide bonds. The zero-order valence-electron chi connectivity index (χ0n) is 9.69. The molecule has 0 aliphatic carbocycles. The van der Waals surface area contributed by atoms with Crippen molar-refractivity contribution >= 4 is 11.8 Å². The fraction of sp³-hybridized carbons (Fsp3) is 0.636. The molecular formula is C11H19N3O2. The first-order valence-electron chi connectivity index (χ1n) is 5.42. The molecule has 90 valence electrons. The first-order chi connectivity index (χ1) is 7.54. The van der Waals surface area contributed by atoms with Gasteiger partial charge in [-0.05, 0) is 0 Å². The van der Waals surface area contributed by atoms with Gasteiger partial charge in [-0.15, -0.1) is 6.58 Å². The molecule has 16 heavy (non-hydrogen) atoms. The summed E-state index contributed by atoms with van der Waals surface area (Å²) in [6, 6.07) is 0. The molecule has 0 saturated carbocycles. The van der Waals surface area contributed by atoms with Crippen molar-refractivity contribution in [1.29, 1.82) is 0 Å². The number of carbonyl (C=O) groups is 2. The first kappa shape index (κ1) is 12.7. The van der Waals surface area contributed by atoms with E-state index in [2.05, 4.69) is 11.5 Å². The van der Waals surface area contributed by atoms with Crippen LogP contribution in [-0.2, 0) is 9.59 Å². The molecule has 0 bridgehead atoms. The Kier molecular flexibility index (Phi) is 4.49. The van der Waals surface area contributed by atoms with Crippen molar-refractivity contribution in [1.82, 2.24) is 9.80 Å². The van der Waals surface area contributed by atoms with E-state index in [1.807, 2.05) is 0 Å². The predicted molar refractivity (Wildman–Crippen MR) is 61.6 cm³/mol. The number of amides is 2. The van der Waals surface area contributed by atoms with Crippen LogP contribution in [0.3, 0.4) is 0 Å². The van der Waals surface area contributed by atoms with Gasteiger partial charge in [0.1, 0.15) is 0 Å². The smallest absolute Gasteiger partial charge is 0.223 e. The van der Waals surface area contributed by atoms with E-state index < -0.39 is 0 Å². The van der Waals surface area contributed by atoms with Gasteiger partial charge in [-0.3, -0.25) is 14.5 Å². The van der Waals surface area contributed by atoms with Gasteiger partial charge in [-0.1, -0.05) is 6.08 Å². The van der Waals surface area contributed by atoms with E-state index in [-0.39, 0.29) is 17.7 Å². The van der Waals surface area contributed by atoms with Crippen LogP contribution in [0.5, 0.6) is 0 Å². The van der Waals surface area contributed by atoms with E-state index in [1.165, 1.54) is 6.92 Å². The summed E-state index contributed by atoms with van der Waals surface area (Å²) in [7, 11) is 0. The van der Waals surface area contributed by atoms with Gasteiger partial charge in [0.15, 0.2) is 0 Å². The third kappa shape index (κ3) is 3.34. The van der Waals surface area contributed by atoms with E-state index in [9.17, 15) is 9.59 Å². The van der Waals surface area contributed by atoms with Crippen molar-refractivity contribution in [3.8, 4) is 0 Å². The number of primary amides is 1. The molecule has 1 atom stereocenters. The van der Waals surface area contributed by atoms with Gasteiger partial charge in [0, 0.05) is 39.6 Å². The SMILES string of the molecule is C=CCN1CCN(C(C)=O)C[C@@H](C(N)=O)C1. The molecule has 0 spiro atoms. The second-order valence-corrected chi connectivity index (χ2v) is 4.11. The maximum Gasteiger partial charge on any atom is 0.223 e. The molecule has 0 unspecified atom stereocenters. The van der Waals surface area contributed by atoms with E-state index in [0.717, 1.165) is 13.1 Å². The van der Waals surface area contributed by atoms with E-state index >= 15 is 0 Å². The minimum absolute atomic E-state index is 0.00768. The van der Waals surface area contributed by atoms with E-state index in [4.69, 9.17) is 5.73 Å². The molecule has 2 N–H and O–H groups in total. The second-order valence-electron chi connectivity index (χ2n) is 4.11. The highest BCUT2D eigenvalue weighted by atomic mass is 16.2. The maximum absolute atomic E-state index is 11.3. The summed E-state index contributed by atoms with van der Waals surface area (Å²) in [5.41, 5.74) is 5.33. The molecule has 0 aromatic carbocycles. The molecule has 1 aliphatic rings. The van der Waals surface area contributed by atoms with Crippen molar-refractivity contribution in [2.75, 3.05) is 32.7 Å². The summed E-state index contributed by atoms with van der Waals surface area (Å²) in [6.45, 7) is 8.34. The molecule has 5 nitrogen and oxygen atoms in total. The highest BCUT2D eigenvalue weighted by molar-refractivity contribution is 5.79. The van der Waals surface area contributed by atoms with Gasteiger partial charge in [-0.25, -0.2) is 0 Å². The summed E-state index contributed by atoms with van der Waals surface area (Å²) in [6.07, 6.45) is 1.79. The molecule has 1 fully saturated rings. The lowest BCUT2D eigenvalue weighted by Crippen LogP contribution is -2.39. The minimum Gasteiger partial charge on any atom is -0.369 e. The highest BCUT2D eigenvalue weighted by Crippen LogP contribution is 2.09. The van der Waals surface area contributed by atoms with Crippen LogP contribution >= 0.6 is 0 Å². The number of hydrogen-bond donors (Lipinski definition) is 1. The summed E-state index contributed by atoms with van der Waals surface area (Å²) < 4.78 is 0. The average Bonchev–Trinajstić information content (AvgIpc) is 2.41. The molecule has 1 heterocycles. The fourth-order valence-electron chi connectivity index (χ4n) is 1.89. The molecule has 0 aromatic rings. The lowest BCUT2D eigenvalue weighted by molar-refractivity contribution is -0.130. The van der Waals surface area contributed by atoms with Gasteiger partial charge < -0.3 is 10.6 Å². The average molecular weight is 225 g/mol. The fourth-order valence-corrected chi connectivity index (χ4v) is 1.89. The van der Waals surface area contributed by atoms with E-state index in [1.54, 1.807) is 11.0 Å². The lowest BCUT2D eigenvalue weighted by Gasteiger charge is -2.20. The van der Waals surface area contributed by atoms with Crippen LogP contribution < -0.4 is 5.73 Å². The Balaban J connectivity index is 2.71. The number of nitrogens with two attached hydrogens (primary N) is 1. The van der Waals surface area contributed by atoms with Gasteiger partial charge in [0.2, 0.25) is 11.8 Å². The number of carbonyl (C=O) groups excluding carboxylic acids is 2. The third-order valence-electron chi connectivity index (χ3n) is 2.84. The number of hydrogen-bond acceptors (Lipinski definition) is 3. The molecule has 1 saturated heterocycles. The molecule has 1 rings (SSSR count). The highest BCUT2D eigenvalue weighted by Gasteiger charge is 2.26. The normalized spacial score (nSPS) is 22.6. The van der Waals surface area contributed by atoms with Crippen LogP contribution in [0.4, 0.5) is 0 Å². The molecule has 0 aromatic heterocycles. The standard InChI is InChI=1S/C11H19N3O2/c1-3-4-13-5-6-14(9(2)15)8-10(7-13)11(12)16/h3,10H,1,4-8H2,2H3,(H2,12,16)/t10-/m0/s1. The molecule has 1 aliphatic heterocycles. The molecule has 0 radical (unpaired) electrons. The Labute approximate surface area is 95.9 Å².